The molecule has 9 heteroatoms. The van der Waals surface area contributed by atoms with Crippen molar-refractivity contribution in [1.82, 2.24) is 5.32 Å². The third-order valence-corrected chi connectivity index (χ3v) is 4.57. The van der Waals surface area contributed by atoms with E-state index in [4.69, 9.17) is 15.2 Å². The summed E-state index contributed by atoms with van der Waals surface area (Å²) < 4.78 is 9.78. The summed E-state index contributed by atoms with van der Waals surface area (Å²) in [7, 11) is 0. The van der Waals surface area contributed by atoms with Gasteiger partial charge in [-0.25, -0.2) is 4.79 Å². The second kappa shape index (κ2) is 10.7. The number of nitrogens with two attached hydrogens (primary N) is 1. The molecule has 1 aliphatic rings. The number of hydrogen-bond acceptors (Lipinski definition) is 7. The van der Waals surface area contributed by atoms with Crippen LogP contribution in [0.3, 0.4) is 0 Å². The van der Waals surface area contributed by atoms with Crippen LogP contribution >= 0.6 is 0 Å². The summed E-state index contributed by atoms with van der Waals surface area (Å²) in [6.45, 7) is 5.27. The number of carboxylic acid groups (broad SMARTS) is 1. The Morgan fingerprint density at radius 2 is 1.93 bits per heavy atom. The highest BCUT2D eigenvalue weighted by Crippen LogP contribution is 2.42. The summed E-state index contributed by atoms with van der Waals surface area (Å²) in [4.78, 5) is 47.6. The molecule has 0 saturated heterocycles. The average Bonchev–Trinajstić information content (AvgIpc) is 2.57. The fourth-order valence-corrected chi connectivity index (χ4v) is 2.79. The molecule has 27 heavy (non-hydrogen) atoms. The maximum atomic E-state index is 12.5. The predicted octanol–water partition coefficient (Wildman–Crippen LogP) is 0.516. The molecule has 1 fully saturated rings. The number of carbonyl (C=O) groups excluding carboxylic acids is 3. The number of esters is 2. The minimum Gasteiger partial charge on any atom is -0.480 e. The lowest BCUT2D eigenvalue weighted by Crippen LogP contribution is -2.55. The number of carbonyl (C=O) groups is 4. The Morgan fingerprint density at radius 3 is 2.41 bits per heavy atom. The number of amides is 1. The van der Waals surface area contributed by atoms with Crippen LogP contribution in [0.2, 0.25) is 0 Å². The molecular weight excluding hydrogens is 356 g/mol. The van der Waals surface area contributed by atoms with E-state index >= 15 is 0 Å². The van der Waals surface area contributed by atoms with Gasteiger partial charge in [0.15, 0.2) is 0 Å². The first-order chi connectivity index (χ1) is 12.8. The van der Waals surface area contributed by atoms with Gasteiger partial charge >= 0.3 is 17.9 Å². The monoisotopic (exact) mass is 384 g/mol. The van der Waals surface area contributed by atoms with E-state index in [1.807, 2.05) is 0 Å². The molecule has 0 heterocycles. The third kappa shape index (κ3) is 6.06. The summed E-state index contributed by atoms with van der Waals surface area (Å²) in [5.74, 6) is -3.06. The molecule has 0 radical (unpaired) electrons. The first kappa shape index (κ1) is 22.6. The topological polar surface area (TPSA) is 145 Å². The van der Waals surface area contributed by atoms with Crippen molar-refractivity contribution in [3.63, 3.8) is 0 Å². The molecule has 2 atom stereocenters. The number of rotatable bonds is 12. The molecule has 4 N–H and O–H groups in total. The summed E-state index contributed by atoms with van der Waals surface area (Å²) in [5.41, 5.74) is 4.39. The first-order valence-corrected chi connectivity index (χ1v) is 9.02. The molecule has 1 aliphatic carbocycles. The van der Waals surface area contributed by atoms with E-state index in [-0.39, 0.29) is 32.5 Å². The zero-order chi connectivity index (χ0) is 20.4. The maximum absolute atomic E-state index is 12.5. The van der Waals surface area contributed by atoms with Crippen molar-refractivity contribution in [3.8, 4) is 0 Å². The quantitative estimate of drug-likeness (QED) is 0.251. The molecule has 0 aromatic carbocycles. The van der Waals surface area contributed by atoms with Gasteiger partial charge in [-0.1, -0.05) is 19.1 Å². The van der Waals surface area contributed by atoms with Crippen LogP contribution in [0.1, 0.15) is 45.4 Å². The predicted molar refractivity (Wildman–Crippen MR) is 95.5 cm³/mol. The Bertz CT molecular complexity index is 572. The minimum atomic E-state index is -1.30. The SMILES string of the molecule is C=CCOC(=O)C(N)CCC[C@H](NC(=O)C1(C(=O)OCC)CCC1)C(=O)O. The van der Waals surface area contributed by atoms with Crippen LogP contribution < -0.4 is 11.1 Å². The van der Waals surface area contributed by atoms with E-state index in [9.17, 15) is 24.3 Å². The van der Waals surface area contributed by atoms with Crippen LogP contribution in [-0.2, 0) is 28.7 Å². The molecule has 9 nitrogen and oxygen atoms in total. The van der Waals surface area contributed by atoms with Crippen LogP contribution in [0.5, 0.6) is 0 Å². The number of nitrogens with one attached hydrogen (secondary N) is 1. The smallest absolute Gasteiger partial charge is 0.326 e. The van der Waals surface area contributed by atoms with E-state index in [1.165, 1.54) is 6.08 Å². The van der Waals surface area contributed by atoms with Gasteiger partial charge in [0.25, 0.3) is 0 Å². The molecule has 0 aromatic rings. The second-order valence-corrected chi connectivity index (χ2v) is 6.48. The number of aliphatic carboxylic acids is 1. The molecule has 0 aromatic heterocycles. The van der Waals surface area contributed by atoms with Crippen LogP contribution in [0.15, 0.2) is 12.7 Å². The molecule has 1 rings (SSSR count). The first-order valence-electron chi connectivity index (χ1n) is 9.02. The molecule has 1 amide bonds. The van der Waals surface area contributed by atoms with E-state index in [1.54, 1.807) is 6.92 Å². The lowest BCUT2D eigenvalue weighted by Gasteiger charge is -2.38. The summed E-state index contributed by atoms with van der Waals surface area (Å²) in [5, 5.41) is 11.8. The zero-order valence-corrected chi connectivity index (χ0v) is 15.6. The van der Waals surface area contributed by atoms with Crippen molar-refractivity contribution >= 4 is 23.8 Å². The van der Waals surface area contributed by atoms with Crippen molar-refractivity contribution in [2.24, 2.45) is 11.1 Å². The van der Waals surface area contributed by atoms with Gasteiger partial charge in [-0.05, 0) is 39.0 Å². The maximum Gasteiger partial charge on any atom is 0.326 e. The van der Waals surface area contributed by atoms with Gasteiger partial charge in [0.1, 0.15) is 24.1 Å². The van der Waals surface area contributed by atoms with Gasteiger partial charge in [0, 0.05) is 0 Å². The third-order valence-electron chi connectivity index (χ3n) is 4.57. The van der Waals surface area contributed by atoms with Gasteiger partial charge in [-0.15, -0.1) is 0 Å². The number of carboxylic acids is 1. The average molecular weight is 384 g/mol. The van der Waals surface area contributed by atoms with Crippen LogP contribution in [0.25, 0.3) is 0 Å². The van der Waals surface area contributed by atoms with Gasteiger partial charge < -0.3 is 25.6 Å². The van der Waals surface area contributed by atoms with Crippen molar-refractivity contribution < 1.29 is 33.8 Å². The normalized spacial score (nSPS) is 17.0. The molecule has 152 valence electrons. The van der Waals surface area contributed by atoms with Crippen molar-refractivity contribution in [1.29, 1.82) is 0 Å². The number of hydrogen-bond donors (Lipinski definition) is 3. The van der Waals surface area contributed by atoms with Crippen LogP contribution in [-0.4, -0.2) is 54.2 Å². The summed E-state index contributed by atoms with van der Waals surface area (Å²) >= 11 is 0. The fraction of sp³-hybridized carbons (Fsp3) is 0.667. The van der Waals surface area contributed by atoms with Gasteiger partial charge in [-0.3, -0.25) is 14.4 Å². The highest BCUT2D eigenvalue weighted by molar-refractivity contribution is 6.04. The fourth-order valence-electron chi connectivity index (χ4n) is 2.79. The van der Waals surface area contributed by atoms with E-state index in [2.05, 4.69) is 11.9 Å². The standard InChI is InChI=1S/C18H28N2O7/c1-3-11-27-15(23)12(19)7-5-8-13(14(21)22)20-16(24)18(9-6-10-18)17(25)26-4-2/h3,12-13H,1,4-11,19H2,2H3,(H,20,24)(H,21,22)/t12?,13-/m0/s1. The minimum absolute atomic E-state index is 0.0519. The number of ether oxygens (including phenoxy) is 2. The Labute approximate surface area is 158 Å². The van der Waals surface area contributed by atoms with Gasteiger partial charge in [0.05, 0.1) is 6.61 Å². The van der Waals surface area contributed by atoms with Crippen LogP contribution in [0, 0.1) is 5.41 Å². The summed E-state index contributed by atoms with van der Waals surface area (Å²) in [6.07, 6.45) is 3.36. The Morgan fingerprint density at radius 1 is 1.26 bits per heavy atom. The zero-order valence-electron chi connectivity index (χ0n) is 15.6. The van der Waals surface area contributed by atoms with E-state index in [0.29, 0.717) is 19.3 Å². The molecule has 0 aliphatic heterocycles. The highest BCUT2D eigenvalue weighted by atomic mass is 16.5. The molecule has 0 spiro atoms. The molecule has 1 unspecified atom stereocenters. The Balaban J connectivity index is 2.57. The van der Waals surface area contributed by atoms with Gasteiger partial charge in [0.2, 0.25) is 5.91 Å². The van der Waals surface area contributed by atoms with Crippen molar-refractivity contribution in [3.05, 3.63) is 12.7 Å². The van der Waals surface area contributed by atoms with Crippen molar-refractivity contribution in [2.45, 2.75) is 57.5 Å². The Hall–Kier alpha value is -2.42. The van der Waals surface area contributed by atoms with Gasteiger partial charge in [-0.2, -0.15) is 0 Å². The van der Waals surface area contributed by atoms with Crippen LogP contribution in [0.4, 0.5) is 0 Å². The van der Waals surface area contributed by atoms with Crippen molar-refractivity contribution in [2.75, 3.05) is 13.2 Å². The highest BCUT2D eigenvalue weighted by Gasteiger charge is 2.52. The second-order valence-electron chi connectivity index (χ2n) is 6.48. The molecular formula is C18H28N2O7. The largest absolute Gasteiger partial charge is 0.480 e. The molecule has 0 bridgehead atoms. The Kier molecular flexibility index (Phi) is 8.93. The summed E-state index contributed by atoms with van der Waals surface area (Å²) in [6, 6.07) is -2.06. The lowest BCUT2D eigenvalue weighted by atomic mass is 9.68. The molecule has 1 saturated carbocycles. The lowest BCUT2D eigenvalue weighted by molar-refractivity contribution is -0.168. The van der Waals surface area contributed by atoms with E-state index in [0.717, 1.165) is 0 Å². The van der Waals surface area contributed by atoms with E-state index < -0.39 is 41.3 Å².